The summed E-state index contributed by atoms with van der Waals surface area (Å²) >= 11 is 3.77. The SMILES string of the molecule is O=C1C(=O)c2ccccc2/C1=C/c1cc2c(s1)-c1sc3c(c1C21CCCCC1)C1(CCCCC1)C(/C=C1\COCC(=O)c2ccccc21)=C3. The highest BCUT2D eigenvalue weighted by Crippen LogP contribution is 2.67. The van der Waals surface area contributed by atoms with Gasteiger partial charge < -0.3 is 4.74 Å². The average Bonchev–Trinajstić information content (AvgIpc) is 3.87. The van der Waals surface area contributed by atoms with Gasteiger partial charge in [0.1, 0.15) is 6.61 Å². The van der Waals surface area contributed by atoms with Crippen LogP contribution in [-0.2, 0) is 20.4 Å². The second-order valence-electron chi connectivity index (χ2n) is 14.7. The number of carbonyl (C=O) groups excluding carboxylic acids is 3. The Balaban J connectivity index is 1.13. The van der Waals surface area contributed by atoms with Gasteiger partial charge in [0.15, 0.2) is 5.78 Å². The molecule has 6 heteroatoms. The van der Waals surface area contributed by atoms with Crippen molar-refractivity contribution in [2.24, 2.45) is 0 Å². The average molecular weight is 681 g/mol. The maximum Gasteiger partial charge on any atom is 0.234 e. The molecule has 2 saturated carbocycles. The molecule has 4 nitrogen and oxygen atoms in total. The molecular formula is C43H36O4S2. The summed E-state index contributed by atoms with van der Waals surface area (Å²) in [6.07, 6.45) is 18.9. The van der Waals surface area contributed by atoms with Gasteiger partial charge in [-0.15, -0.1) is 22.7 Å². The minimum Gasteiger partial charge on any atom is -0.369 e. The zero-order chi connectivity index (χ0) is 32.9. The van der Waals surface area contributed by atoms with Crippen molar-refractivity contribution >= 4 is 63.3 Å². The third-order valence-corrected chi connectivity index (χ3v) is 14.6. The molecule has 2 fully saturated rings. The summed E-state index contributed by atoms with van der Waals surface area (Å²) in [7, 11) is 0. The van der Waals surface area contributed by atoms with Gasteiger partial charge in [0.2, 0.25) is 11.6 Å². The number of hydrogen-bond acceptors (Lipinski definition) is 6. The van der Waals surface area contributed by atoms with E-state index >= 15 is 0 Å². The van der Waals surface area contributed by atoms with Crippen molar-refractivity contribution in [2.75, 3.05) is 13.2 Å². The number of rotatable bonds is 2. The molecule has 2 aromatic carbocycles. The second-order valence-corrected chi connectivity index (χ2v) is 16.9. The van der Waals surface area contributed by atoms with E-state index in [4.69, 9.17) is 4.74 Å². The standard InChI is InChI=1S/C43H36O4S2/c44-34-24-47-23-25(28-11-3-5-13-30(28)34)19-26-20-35-36(42(26)15-7-1-8-16-42)37-41(49-35)40-33(43(37)17-9-2-10-18-43)22-27(48-40)21-32-29-12-4-6-14-31(29)38(45)39(32)46/h3-6,11-14,19-22H,1-2,7-10,15-18,23-24H2/b25-19+,32-21-. The van der Waals surface area contributed by atoms with Gasteiger partial charge in [-0.3, -0.25) is 14.4 Å². The lowest BCUT2D eigenvalue weighted by atomic mass is 9.61. The minimum atomic E-state index is -0.396. The topological polar surface area (TPSA) is 60.4 Å². The number of fused-ring (bicyclic) bond motifs is 10. The van der Waals surface area contributed by atoms with Crippen LogP contribution < -0.4 is 0 Å². The van der Waals surface area contributed by atoms with Crippen LogP contribution in [0.25, 0.3) is 33.1 Å². The lowest BCUT2D eigenvalue weighted by molar-refractivity contribution is -0.109. The fraction of sp³-hybridized carbons (Fsp3) is 0.326. The Kier molecular flexibility index (Phi) is 6.72. The summed E-state index contributed by atoms with van der Waals surface area (Å²) < 4.78 is 5.95. The Morgan fingerprint density at radius 3 is 2.06 bits per heavy atom. The summed E-state index contributed by atoms with van der Waals surface area (Å²) in [5.41, 5.74) is 10.7. The van der Waals surface area contributed by atoms with Crippen LogP contribution in [0.1, 0.15) is 122 Å². The molecule has 6 aliphatic rings. The Hall–Kier alpha value is -3.97. The van der Waals surface area contributed by atoms with Gasteiger partial charge >= 0.3 is 0 Å². The molecule has 2 aromatic heterocycles. The minimum absolute atomic E-state index is 0.0149. The summed E-state index contributed by atoms with van der Waals surface area (Å²) in [4.78, 5) is 44.1. The molecule has 0 atom stereocenters. The van der Waals surface area contributed by atoms with Gasteiger partial charge in [-0.05, 0) is 82.9 Å². The van der Waals surface area contributed by atoms with Crippen LogP contribution in [0.4, 0.5) is 0 Å². The summed E-state index contributed by atoms with van der Waals surface area (Å²) in [5, 5.41) is 0. The lowest BCUT2D eigenvalue weighted by Gasteiger charge is -2.42. The first-order valence-corrected chi connectivity index (χ1v) is 19.5. The molecule has 0 radical (unpaired) electrons. The molecule has 0 amide bonds. The predicted octanol–water partition coefficient (Wildman–Crippen LogP) is 10.2. The number of ketones is 3. The summed E-state index contributed by atoms with van der Waals surface area (Å²) in [5.74, 6) is -0.736. The van der Waals surface area contributed by atoms with E-state index in [1.54, 1.807) is 28.5 Å². The smallest absolute Gasteiger partial charge is 0.234 e. The van der Waals surface area contributed by atoms with E-state index in [9.17, 15) is 14.4 Å². The molecule has 1 aliphatic heterocycles. The van der Waals surface area contributed by atoms with E-state index in [2.05, 4.69) is 24.3 Å². The Morgan fingerprint density at radius 2 is 1.31 bits per heavy atom. The quantitative estimate of drug-likeness (QED) is 0.156. The molecule has 5 aliphatic carbocycles. The molecular weight excluding hydrogens is 645 g/mol. The van der Waals surface area contributed by atoms with Gasteiger partial charge in [-0.2, -0.15) is 0 Å². The van der Waals surface area contributed by atoms with Crippen molar-refractivity contribution in [2.45, 2.75) is 75.0 Å². The fourth-order valence-electron chi connectivity index (χ4n) is 10.0. The van der Waals surface area contributed by atoms with E-state index in [1.807, 2.05) is 53.8 Å². The fourth-order valence-corrected chi connectivity index (χ4v) is 12.9. The second kappa shape index (κ2) is 11.0. The highest BCUT2D eigenvalue weighted by Gasteiger charge is 2.54. The van der Waals surface area contributed by atoms with Crippen molar-refractivity contribution in [1.29, 1.82) is 0 Å². The van der Waals surface area contributed by atoms with E-state index in [0.717, 1.165) is 52.8 Å². The molecule has 0 bridgehead atoms. The van der Waals surface area contributed by atoms with Gasteiger partial charge in [-0.25, -0.2) is 0 Å². The monoisotopic (exact) mass is 680 g/mol. The van der Waals surface area contributed by atoms with Gasteiger partial charge in [0.25, 0.3) is 0 Å². The number of Topliss-reactive ketones (excluding diaryl/α,β-unsaturated/α-hetero) is 3. The molecule has 2 spiro atoms. The van der Waals surface area contributed by atoms with Crippen LogP contribution in [0.3, 0.4) is 0 Å². The molecule has 0 unspecified atom stereocenters. The number of thiophene rings is 2. The first-order chi connectivity index (χ1) is 24.0. The largest absolute Gasteiger partial charge is 0.369 e. The number of benzene rings is 2. The van der Waals surface area contributed by atoms with Crippen LogP contribution in [0.5, 0.6) is 0 Å². The first kappa shape index (κ1) is 29.9. The van der Waals surface area contributed by atoms with Crippen molar-refractivity contribution in [3.8, 4) is 9.75 Å². The molecule has 4 aromatic rings. The van der Waals surface area contributed by atoms with Crippen LogP contribution in [0.2, 0.25) is 0 Å². The Bertz CT molecular complexity index is 2220. The van der Waals surface area contributed by atoms with Crippen molar-refractivity contribution in [3.63, 3.8) is 0 Å². The molecule has 0 saturated heterocycles. The zero-order valence-electron chi connectivity index (χ0n) is 27.4. The van der Waals surface area contributed by atoms with E-state index in [0.29, 0.717) is 17.7 Å². The number of ether oxygens (including phenoxy) is 1. The molecule has 10 rings (SSSR count). The van der Waals surface area contributed by atoms with E-state index < -0.39 is 11.6 Å². The van der Waals surface area contributed by atoms with Crippen molar-refractivity contribution in [1.82, 2.24) is 0 Å². The van der Waals surface area contributed by atoms with Crippen LogP contribution in [0.15, 0.2) is 66.2 Å². The predicted molar refractivity (Wildman–Crippen MR) is 197 cm³/mol. The Labute approximate surface area is 294 Å². The van der Waals surface area contributed by atoms with Crippen molar-refractivity contribution < 1.29 is 19.1 Å². The number of hydrogen-bond donors (Lipinski definition) is 0. The normalized spacial score (nSPS) is 23.1. The van der Waals surface area contributed by atoms with Gasteiger partial charge in [-0.1, -0.05) is 93.1 Å². The van der Waals surface area contributed by atoms with Gasteiger partial charge in [0.05, 0.1) is 6.61 Å². The van der Waals surface area contributed by atoms with Crippen LogP contribution in [0, 0.1) is 0 Å². The van der Waals surface area contributed by atoms with E-state index in [-0.39, 0.29) is 23.2 Å². The third-order valence-electron chi connectivity index (χ3n) is 12.2. The number of carbonyl (C=O) groups is 3. The number of allylic oxidation sites excluding steroid dienone is 3. The molecule has 49 heavy (non-hydrogen) atoms. The van der Waals surface area contributed by atoms with Gasteiger partial charge in [0, 0.05) is 47.0 Å². The summed E-state index contributed by atoms with van der Waals surface area (Å²) in [6.45, 7) is 0.569. The van der Waals surface area contributed by atoms with Crippen LogP contribution in [-0.4, -0.2) is 30.6 Å². The zero-order valence-corrected chi connectivity index (χ0v) is 29.0. The molecule has 0 N–H and O–H groups in total. The molecule has 3 heterocycles. The lowest BCUT2D eigenvalue weighted by Crippen LogP contribution is -2.35. The summed E-state index contributed by atoms with van der Waals surface area (Å²) in [6, 6.07) is 17.8. The maximum absolute atomic E-state index is 13.1. The van der Waals surface area contributed by atoms with Crippen LogP contribution >= 0.6 is 22.7 Å². The van der Waals surface area contributed by atoms with Crippen molar-refractivity contribution in [3.05, 3.63) is 115 Å². The third kappa shape index (κ3) is 4.20. The first-order valence-electron chi connectivity index (χ1n) is 17.8. The highest BCUT2D eigenvalue weighted by molar-refractivity contribution is 7.23. The molecule has 244 valence electrons. The van der Waals surface area contributed by atoms with E-state index in [1.165, 1.54) is 64.3 Å². The maximum atomic E-state index is 13.1. The Morgan fingerprint density at radius 1 is 0.633 bits per heavy atom. The highest BCUT2D eigenvalue weighted by atomic mass is 32.1.